The summed E-state index contributed by atoms with van der Waals surface area (Å²) in [4.78, 5) is 0. The summed E-state index contributed by atoms with van der Waals surface area (Å²) in [5, 5.41) is 7.36. The SMILES string of the molecule is CCCCCCCNC(=S)NC(C)c1ccccc1. The highest BCUT2D eigenvalue weighted by atomic mass is 32.1. The molecule has 0 saturated carbocycles. The van der Waals surface area contributed by atoms with Gasteiger partial charge in [0, 0.05) is 6.54 Å². The van der Waals surface area contributed by atoms with Gasteiger partial charge in [-0.3, -0.25) is 0 Å². The molecule has 0 aliphatic heterocycles. The molecule has 1 aromatic carbocycles. The molecular formula is C16H26N2S. The van der Waals surface area contributed by atoms with Crippen LogP contribution in [0.15, 0.2) is 30.3 Å². The quantitative estimate of drug-likeness (QED) is 0.551. The Morgan fingerprint density at radius 3 is 2.47 bits per heavy atom. The van der Waals surface area contributed by atoms with Crippen molar-refractivity contribution in [2.45, 2.75) is 52.0 Å². The van der Waals surface area contributed by atoms with Gasteiger partial charge in [-0.15, -0.1) is 0 Å². The molecular weight excluding hydrogens is 252 g/mol. The fraction of sp³-hybridized carbons (Fsp3) is 0.562. The van der Waals surface area contributed by atoms with Gasteiger partial charge in [0.05, 0.1) is 6.04 Å². The van der Waals surface area contributed by atoms with E-state index in [-0.39, 0.29) is 6.04 Å². The molecule has 0 bridgehead atoms. The first kappa shape index (κ1) is 16.0. The Hall–Kier alpha value is -1.09. The number of thiocarbonyl (C=S) groups is 1. The van der Waals surface area contributed by atoms with Crippen molar-refractivity contribution in [1.82, 2.24) is 10.6 Å². The first-order valence-corrected chi connectivity index (χ1v) is 7.74. The largest absolute Gasteiger partial charge is 0.363 e. The zero-order valence-corrected chi connectivity index (χ0v) is 12.9. The number of benzene rings is 1. The molecule has 2 nitrogen and oxygen atoms in total. The Morgan fingerprint density at radius 2 is 1.79 bits per heavy atom. The number of hydrogen-bond donors (Lipinski definition) is 2. The molecule has 3 heteroatoms. The fourth-order valence-corrected chi connectivity index (χ4v) is 2.28. The average Bonchev–Trinajstić information content (AvgIpc) is 2.43. The molecule has 0 aliphatic carbocycles. The van der Waals surface area contributed by atoms with Crippen LogP contribution >= 0.6 is 12.2 Å². The third-order valence-corrected chi connectivity index (χ3v) is 3.48. The summed E-state index contributed by atoms with van der Waals surface area (Å²) >= 11 is 5.31. The molecule has 2 N–H and O–H groups in total. The summed E-state index contributed by atoms with van der Waals surface area (Å²) in [6.07, 6.45) is 6.45. The minimum Gasteiger partial charge on any atom is -0.363 e. The summed E-state index contributed by atoms with van der Waals surface area (Å²) in [6.45, 7) is 5.34. The lowest BCUT2D eigenvalue weighted by molar-refractivity contribution is 0.617. The van der Waals surface area contributed by atoms with Crippen molar-refractivity contribution in [3.8, 4) is 0 Å². The van der Waals surface area contributed by atoms with Crippen molar-refractivity contribution in [2.24, 2.45) is 0 Å². The van der Waals surface area contributed by atoms with E-state index in [2.05, 4.69) is 48.7 Å². The lowest BCUT2D eigenvalue weighted by Crippen LogP contribution is -2.37. The highest BCUT2D eigenvalue weighted by molar-refractivity contribution is 7.80. The molecule has 1 atom stereocenters. The predicted octanol–water partition coefficient (Wildman–Crippen LogP) is 4.18. The van der Waals surface area contributed by atoms with Gasteiger partial charge in [0.25, 0.3) is 0 Å². The van der Waals surface area contributed by atoms with Crippen LogP contribution in [0.5, 0.6) is 0 Å². The Labute approximate surface area is 123 Å². The van der Waals surface area contributed by atoms with E-state index in [1.54, 1.807) is 0 Å². The Bertz CT molecular complexity index is 351. The van der Waals surface area contributed by atoms with E-state index >= 15 is 0 Å². The van der Waals surface area contributed by atoms with Crippen molar-refractivity contribution in [3.63, 3.8) is 0 Å². The molecule has 1 aromatic rings. The van der Waals surface area contributed by atoms with Crippen LogP contribution in [0, 0.1) is 0 Å². The molecule has 0 heterocycles. The van der Waals surface area contributed by atoms with Gasteiger partial charge in [0.2, 0.25) is 0 Å². The number of rotatable bonds is 8. The van der Waals surface area contributed by atoms with Crippen molar-refractivity contribution in [2.75, 3.05) is 6.54 Å². The van der Waals surface area contributed by atoms with Crippen molar-refractivity contribution in [1.29, 1.82) is 0 Å². The Morgan fingerprint density at radius 1 is 1.11 bits per heavy atom. The Kier molecular flexibility index (Phi) is 8.23. The molecule has 0 aliphatic rings. The van der Waals surface area contributed by atoms with E-state index in [0.717, 1.165) is 11.7 Å². The molecule has 0 fully saturated rings. The van der Waals surface area contributed by atoms with Crippen LogP contribution in [-0.2, 0) is 0 Å². The molecule has 0 radical (unpaired) electrons. The number of nitrogens with one attached hydrogen (secondary N) is 2. The maximum atomic E-state index is 5.31. The maximum Gasteiger partial charge on any atom is 0.166 e. The molecule has 19 heavy (non-hydrogen) atoms. The van der Waals surface area contributed by atoms with Crippen LogP contribution in [0.1, 0.15) is 57.6 Å². The second kappa shape index (κ2) is 9.79. The summed E-state index contributed by atoms with van der Waals surface area (Å²) in [5.74, 6) is 0. The van der Waals surface area contributed by atoms with Crippen LogP contribution in [0.2, 0.25) is 0 Å². The number of unbranched alkanes of at least 4 members (excludes halogenated alkanes) is 4. The highest BCUT2D eigenvalue weighted by Gasteiger charge is 2.05. The fourth-order valence-electron chi connectivity index (χ4n) is 2.00. The summed E-state index contributed by atoms with van der Waals surface area (Å²) in [5.41, 5.74) is 1.26. The van der Waals surface area contributed by atoms with E-state index in [4.69, 9.17) is 12.2 Å². The topological polar surface area (TPSA) is 24.1 Å². The summed E-state index contributed by atoms with van der Waals surface area (Å²) in [7, 11) is 0. The molecule has 1 rings (SSSR count). The minimum atomic E-state index is 0.251. The standard InChI is InChI=1S/C16H26N2S/c1-3-4-5-6-10-13-17-16(19)18-14(2)15-11-8-7-9-12-15/h7-9,11-12,14H,3-6,10,13H2,1-2H3,(H2,17,18,19). The van der Waals surface area contributed by atoms with E-state index in [1.165, 1.54) is 37.7 Å². The normalized spacial score (nSPS) is 11.9. The van der Waals surface area contributed by atoms with E-state index in [9.17, 15) is 0 Å². The van der Waals surface area contributed by atoms with Crippen LogP contribution in [0.25, 0.3) is 0 Å². The van der Waals surface area contributed by atoms with Gasteiger partial charge in [-0.05, 0) is 31.1 Å². The molecule has 106 valence electrons. The lowest BCUT2D eigenvalue weighted by atomic mass is 10.1. The maximum absolute atomic E-state index is 5.31. The van der Waals surface area contributed by atoms with Crippen LogP contribution in [0.4, 0.5) is 0 Å². The molecule has 0 amide bonds. The smallest absolute Gasteiger partial charge is 0.166 e. The third-order valence-electron chi connectivity index (χ3n) is 3.21. The zero-order valence-electron chi connectivity index (χ0n) is 12.1. The molecule has 0 aromatic heterocycles. The predicted molar refractivity (Wildman–Crippen MR) is 87.4 cm³/mol. The van der Waals surface area contributed by atoms with Gasteiger partial charge in [-0.1, -0.05) is 62.9 Å². The van der Waals surface area contributed by atoms with E-state index in [1.807, 2.05) is 6.07 Å². The minimum absolute atomic E-state index is 0.251. The third kappa shape index (κ3) is 7.16. The van der Waals surface area contributed by atoms with Gasteiger partial charge < -0.3 is 10.6 Å². The van der Waals surface area contributed by atoms with Gasteiger partial charge in [-0.25, -0.2) is 0 Å². The van der Waals surface area contributed by atoms with Crippen LogP contribution in [0.3, 0.4) is 0 Å². The first-order chi connectivity index (χ1) is 9.24. The first-order valence-electron chi connectivity index (χ1n) is 7.33. The van der Waals surface area contributed by atoms with Crippen molar-refractivity contribution >= 4 is 17.3 Å². The molecule has 0 spiro atoms. The zero-order chi connectivity index (χ0) is 13.9. The van der Waals surface area contributed by atoms with Crippen LogP contribution in [-0.4, -0.2) is 11.7 Å². The second-order valence-electron chi connectivity index (χ2n) is 4.95. The van der Waals surface area contributed by atoms with Crippen molar-refractivity contribution < 1.29 is 0 Å². The average molecular weight is 278 g/mol. The van der Waals surface area contributed by atoms with Gasteiger partial charge >= 0.3 is 0 Å². The molecule has 0 saturated heterocycles. The highest BCUT2D eigenvalue weighted by Crippen LogP contribution is 2.10. The summed E-state index contributed by atoms with van der Waals surface area (Å²) < 4.78 is 0. The van der Waals surface area contributed by atoms with E-state index < -0.39 is 0 Å². The van der Waals surface area contributed by atoms with E-state index in [0.29, 0.717) is 0 Å². The van der Waals surface area contributed by atoms with Crippen molar-refractivity contribution in [3.05, 3.63) is 35.9 Å². The molecule has 1 unspecified atom stereocenters. The summed E-state index contributed by atoms with van der Waals surface area (Å²) in [6, 6.07) is 10.6. The monoisotopic (exact) mass is 278 g/mol. The van der Waals surface area contributed by atoms with Gasteiger partial charge in [0.1, 0.15) is 0 Å². The number of hydrogen-bond acceptors (Lipinski definition) is 1. The second-order valence-corrected chi connectivity index (χ2v) is 5.36. The lowest BCUT2D eigenvalue weighted by Gasteiger charge is -2.17. The van der Waals surface area contributed by atoms with Gasteiger partial charge in [-0.2, -0.15) is 0 Å². The van der Waals surface area contributed by atoms with Crippen LogP contribution < -0.4 is 10.6 Å². The Balaban J connectivity index is 2.14. The van der Waals surface area contributed by atoms with Gasteiger partial charge in [0.15, 0.2) is 5.11 Å².